The summed E-state index contributed by atoms with van der Waals surface area (Å²) in [4.78, 5) is 18.7. The first-order valence-corrected chi connectivity index (χ1v) is 12.9. The van der Waals surface area contributed by atoms with Crippen LogP contribution in [0, 0.1) is 17.8 Å². The second-order valence-corrected chi connectivity index (χ2v) is 12.0. The summed E-state index contributed by atoms with van der Waals surface area (Å²) in [6.45, 7) is 7.50. The lowest BCUT2D eigenvalue weighted by Crippen LogP contribution is -2.42. The van der Waals surface area contributed by atoms with Crippen LogP contribution >= 0.6 is 11.3 Å². The quantitative estimate of drug-likeness (QED) is 0.762. The van der Waals surface area contributed by atoms with Gasteiger partial charge < -0.3 is 0 Å². The molecule has 3 atom stereocenters. The number of sulfonamides is 1. The number of benzene rings is 1. The van der Waals surface area contributed by atoms with Gasteiger partial charge in [-0.15, -0.1) is 11.3 Å². The molecule has 6 nitrogen and oxygen atoms in total. The predicted molar refractivity (Wildman–Crippen MR) is 119 cm³/mol. The Balaban J connectivity index is 1.46. The number of hydrogen-bond acceptors (Lipinski definition) is 5. The number of nitrogens with zero attached hydrogens (tertiary/aromatic N) is 2. The van der Waals surface area contributed by atoms with Gasteiger partial charge >= 0.3 is 0 Å². The molecule has 1 N–H and O–H groups in total. The highest BCUT2D eigenvalue weighted by atomic mass is 32.2. The van der Waals surface area contributed by atoms with Crippen LogP contribution in [0.4, 0.5) is 5.13 Å². The van der Waals surface area contributed by atoms with Crippen LogP contribution in [0.1, 0.15) is 54.5 Å². The minimum atomic E-state index is -3.55. The van der Waals surface area contributed by atoms with Gasteiger partial charge in [0.2, 0.25) is 10.0 Å². The lowest BCUT2D eigenvalue weighted by atomic mass is 9.93. The SMILES string of the molecule is C[C@@H]1CCc2nc(NC(=O)c3ccc(S(=O)(=O)N4C[C@H](C)C[C@H](C)C4)cc3)sc2C1. The summed E-state index contributed by atoms with van der Waals surface area (Å²) in [5.74, 6) is 1.08. The molecule has 1 saturated heterocycles. The fourth-order valence-electron chi connectivity index (χ4n) is 4.49. The monoisotopic (exact) mass is 447 g/mol. The molecule has 0 spiro atoms. The number of rotatable bonds is 4. The van der Waals surface area contributed by atoms with Crippen molar-refractivity contribution in [2.75, 3.05) is 18.4 Å². The van der Waals surface area contributed by atoms with Crippen LogP contribution in [0.15, 0.2) is 29.2 Å². The van der Waals surface area contributed by atoms with Gasteiger partial charge in [-0.1, -0.05) is 20.8 Å². The van der Waals surface area contributed by atoms with Crippen molar-refractivity contribution < 1.29 is 13.2 Å². The molecule has 1 aromatic carbocycles. The van der Waals surface area contributed by atoms with Crippen LogP contribution in [0.5, 0.6) is 0 Å². The third-order valence-electron chi connectivity index (χ3n) is 6.00. The van der Waals surface area contributed by atoms with Crippen LogP contribution in [0.2, 0.25) is 0 Å². The molecule has 1 aromatic heterocycles. The maximum Gasteiger partial charge on any atom is 0.257 e. The summed E-state index contributed by atoms with van der Waals surface area (Å²) >= 11 is 1.54. The number of aromatic nitrogens is 1. The van der Waals surface area contributed by atoms with E-state index in [1.54, 1.807) is 27.8 Å². The Kier molecular flexibility index (Phi) is 6.01. The first-order valence-electron chi connectivity index (χ1n) is 10.6. The molecule has 1 aliphatic carbocycles. The summed E-state index contributed by atoms with van der Waals surface area (Å²) in [5.41, 5.74) is 1.52. The van der Waals surface area contributed by atoms with E-state index in [1.165, 1.54) is 17.0 Å². The van der Waals surface area contributed by atoms with Gasteiger partial charge in [0.15, 0.2) is 5.13 Å². The van der Waals surface area contributed by atoms with Crippen molar-refractivity contribution in [2.24, 2.45) is 17.8 Å². The molecule has 1 aliphatic heterocycles. The standard InChI is InChI=1S/C22H29N3O3S2/c1-14-4-9-19-20(11-14)29-22(23-19)24-21(26)17-5-7-18(8-6-17)30(27,28)25-12-15(2)10-16(3)13-25/h5-8,14-16H,4,9-13H2,1-3H3,(H,23,24,26)/t14-,15-,16+/m1/s1. The average molecular weight is 448 g/mol. The number of anilines is 1. The van der Waals surface area contributed by atoms with E-state index in [-0.39, 0.29) is 10.8 Å². The molecule has 1 fully saturated rings. The third kappa shape index (κ3) is 4.45. The van der Waals surface area contributed by atoms with Crippen molar-refractivity contribution in [3.8, 4) is 0 Å². The normalized spacial score (nSPS) is 25.0. The molecular weight excluding hydrogens is 418 g/mol. The summed E-state index contributed by atoms with van der Waals surface area (Å²) in [7, 11) is -3.55. The van der Waals surface area contributed by atoms with Crippen LogP contribution in [0.25, 0.3) is 0 Å². The molecule has 8 heteroatoms. The van der Waals surface area contributed by atoms with Crippen LogP contribution in [0.3, 0.4) is 0 Å². The zero-order valence-corrected chi connectivity index (χ0v) is 19.4. The van der Waals surface area contributed by atoms with E-state index in [0.717, 1.165) is 31.4 Å². The smallest absolute Gasteiger partial charge is 0.257 e. The highest BCUT2D eigenvalue weighted by molar-refractivity contribution is 7.89. The van der Waals surface area contributed by atoms with E-state index in [1.807, 2.05) is 0 Å². The molecule has 30 heavy (non-hydrogen) atoms. The Morgan fingerprint density at radius 1 is 1.10 bits per heavy atom. The maximum absolute atomic E-state index is 13.0. The Morgan fingerprint density at radius 3 is 2.43 bits per heavy atom. The lowest BCUT2D eigenvalue weighted by Gasteiger charge is -2.34. The number of carbonyl (C=O) groups excluding carboxylic acids is 1. The lowest BCUT2D eigenvalue weighted by molar-refractivity contribution is 0.102. The van der Waals surface area contributed by atoms with Gasteiger partial charge in [-0.05, 0) is 67.7 Å². The van der Waals surface area contributed by atoms with E-state index in [0.29, 0.717) is 41.5 Å². The molecule has 0 saturated carbocycles. The average Bonchev–Trinajstić information content (AvgIpc) is 3.08. The first kappa shape index (κ1) is 21.5. The summed E-state index contributed by atoms with van der Waals surface area (Å²) in [5, 5.41) is 3.49. The molecule has 0 unspecified atom stereocenters. The largest absolute Gasteiger partial charge is 0.298 e. The fourth-order valence-corrected chi connectivity index (χ4v) is 7.34. The molecule has 2 heterocycles. The Hall–Kier alpha value is -1.77. The molecule has 4 rings (SSSR count). The topological polar surface area (TPSA) is 79.4 Å². The predicted octanol–water partition coefficient (Wildman–Crippen LogP) is 4.19. The summed E-state index contributed by atoms with van der Waals surface area (Å²) in [6.07, 6.45) is 4.16. The molecule has 2 aromatic rings. The Labute approximate surface area is 182 Å². The van der Waals surface area contributed by atoms with Gasteiger partial charge in [-0.3, -0.25) is 10.1 Å². The number of piperidine rings is 1. The van der Waals surface area contributed by atoms with Crippen molar-refractivity contribution in [2.45, 2.75) is 51.3 Å². The van der Waals surface area contributed by atoms with Crippen LogP contribution < -0.4 is 5.32 Å². The number of thiazole rings is 1. The second-order valence-electron chi connectivity index (χ2n) is 8.98. The number of amides is 1. The van der Waals surface area contributed by atoms with E-state index in [2.05, 4.69) is 31.1 Å². The highest BCUT2D eigenvalue weighted by Crippen LogP contribution is 2.32. The highest BCUT2D eigenvalue weighted by Gasteiger charge is 2.31. The van der Waals surface area contributed by atoms with Crippen LogP contribution in [-0.4, -0.2) is 36.7 Å². The summed E-state index contributed by atoms with van der Waals surface area (Å²) < 4.78 is 27.6. The fraction of sp³-hybridized carbons (Fsp3) is 0.545. The number of hydrogen-bond donors (Lipinski definition) is 1. The molecule has 2 aliphatic rings. The van der Waals surface area contributed by atoms with Gasteiger partial charge in [0.1, 0.15) is 0 Å². The third-order valence-corrected chi connectivity index (χ3v) is 8.88. The number of fused-ring (bicyclic) bond motifs is 1. The Bertz CT molecular complexity index is 1020. The molecular formula is C22H29N3O3S2. The van der Waals surface area contributed by atoms with E-state index in [9.17, 15) is 13.2 Å². The van der Waals surface area contributed by atoms with E-state index in [4.69, 9.17) is 0 Å². The van der Waals surface area contributed by atoms with Crippen molar-refractivity contribution in [1.29, 1.82) is 0 Å². The zero-order chi connectivity index (χ0) is 21.5. The molecule has 1 amide bonds. The van der Waals surface area contributed by atoms with Crippen molar-refractivity contribution >= 4 is 32.4 Å². The van der Waals surface area contributed by atoms with Gasteiger partial charge in [-0.2, -0.15) is 4.31 Å². The maximum atomic E-state index is 13.0. The van der Waals surface area contributed by atoms with Crippen LogP contribution in [-0.2, 0) is 22.9 Å². The minimum absolute atomic E-state index is 0.235. The second kappa shape index (κ2) is 8.40. The number of nitrogens with one attached hydrogen (secondary N) is 1. The molecule has 162 valence electrons. The van der Waals surface area contributed by atoms with Gasteiger partial charge in [0.25, 0.3) is 5.91 Å². The van der Waals surface area contributed by atoms with Gasteiger partial charge in [0, 0.05) is 23.5 Å². The van der Waals surface area contributed by atoms with E-state index < -0.39 is 10.0 Å². The number of carbonyl (C=O) groups is 1. The molecule has 0 bridgehead atoms. The summed E-state index contributed by atoms with van der Waals surface area (Å²) in [6, 6.07) is 6.22. The zero-order valence-electron chi connectivity index (χ0n) is 17.7. The number of aryl methyl sites for hydroxylation is 1. The van der Waals surface area contributed by atoms with Crippen molar-refractivity contribution in [1.82, 2.24) is 9.29 Å². The van der Waals surface area contributed by atoms with Crippen molar-refractivity contribution in [3.05, 3.63) is 40.4 Å². The minimum Gasteiger partial charge on any atom is -0.298 e. The van der Waals surface area contributed by atoms with Gasteiger partial charge in [-0.25, -0.2) is 13.4 Å². The Morgan fingerprint density at radius 2 is 1.77 bits per heavy atom. The first-order chi connectivity index (χ1) is 14.2. The van der Waals surface area contributed by atoms with Gasteiger partial charge in [0.05, 0.1) is 10.6 Å². The molecule has 0 radical (unpaired) electrons. The van der Waals surface area contributed by atoms with Crippen molar-refractivity contribution in [3.63, 3.8) is 0 Å². The van der Waals surface area contributed by atoms with E-state index >= 15 is 0 Å².